The second kappa shape index (κ2) is 14.2. The lowest BCUT2D eigenvalue weighted by molar-refractivity contribution is -0.145. The molecule has 0 aromatic carbocycles. The van der Waals surface area contributed by atoms with Gasteiger partial charge in [-0.15, -0.1) is 24.9 Å². The highest BCUT2D eigenvalue weighted by molar-refractivity contribution is 9.09. The minimum atomic E-state index is -0.613. The quantitative estimate of drug-likeness (QED) is 0.159. The molecule has 2 bridgehead atoms. The van der Waals surface area contributed by atoms with Crippen LogP contribution < -0.4 is 0 Å². The predicted molar refractivity (Wildman–Crippen MR) is 165 cm³/mol. The van der Waals surface area contributed by atoms with Crippen LogP contribution in [0.2, 0.25) is 0 Å². The number of halogens is 1. The molecule has 0 aromatic rings. The number of carbonyl (C=O) groups excluding carboxylic acids is 3. The van der Waals surface area contributed by atoms with Crippen LogP contribution in [0.15, 0.2) is 25.3 Å². The fourth-order valence-corrected chi connectivity index (χ4v) is 11.3. The number of aliphatic hydroxyl groups is 1. The number of likely N-dealkylation sites (tertiary alicyclic amines) is 1. The normalized spacial score (nSPS) is 31.3. The smallest absolute Gasteiger partial charge is 0.247 e. The number of hydrogen-bond donors (Lipinski definition) is 1. The molecule has 3 heterocycles. The summed E-state index contributed by atoms with van der Waals surface area (Å²) in [5, 5.41) is 9.17. The Balaban J connectivity index is 1.70. The van der Waals surface area contributed by atoms with Gasteiger partial charge in [-0.25, -0.2) is 0 Å². The molecule has 1 saturated carbocycles. The van der Waals surface area contributed by atoms with Crippen molar-refractivity contribution in [1.82, 2.24) is 14.7 Å². The predicted octanol–water partition coefficient (Wildman–Crippen LogP) is 4.78. The van der Waals surface area contributed by atoms with Gasteiger partial charge in [0.25, 0.3) is 0 Å². The zero-order chi connectivity index (χ0) is 28.9. The zero-order valence-corrected chi connectivity index (χ0v) is 26.5. The van der Waals surface area contributed by atoms with E-state index in [1.807, 2.05) is 20.8 Å². The van der Waals surface area contributed by atoms with Crippen LogP contribution >= 0.6 is 27.7 Å². The molecule has 224 valence electrons. The third kappa shape index (κ3) is 5.94. The molecule has 4 aliphatic rings. The molecular formula is C31H48BrN3O4S. The molecule has 9 heteroatoms. The van der Waals surface area contributed by atoms with Gasteiger partial charge in [0.05, 0.1) is 16.6 Å². The number of alkyl halides is 1. The van der Waals surface area contributed by atoms with Crippen molar-refractivity contribution in [3.05, 3.63) is 25.3 Å². The van der Waals surface area contributed by atoms with E-state index in [1.54, 1.807) is 17.8 Å². The highest BCUT2D eigenvalue weighted by Crippen LogP contribution is 2.68. The highest BCUT2D eigenvalue weighted by atomic mass is 79.9. The summed E-state index contributed by atoms with van der Waals surface area (Å²) in [4.78, 5) is 49.0. The topological polar surface area (TPSA) is 81.2 Å². The molecule has 0 radical (unpaired) electrons. The SMILES string of the molecule is C=CCN(CCC)C(=O)[C@H]1[C@H]2C(=O)N(CCCCCCO)C(C(=O)N(CC=C)C3CCCCC3)C23CC(Br)[C@@H]1S3. The van der Waals surface area contributed by atoms with Crippen LogP contribution in [0.25, 0.3) is 0 Å². The maximum absolute atomic E-state index is 14.7. The molecule has 1 aliphatic carbocycles. The van der Waals surface area contributed by atoms with E-state index in [1.165, 1.54) is 6.42 Å². The van der Waals surface area contributed by atoms with Crippen molar-refractivity contribution >= 4 is 45.4 Å². The minimum absolute atomic E-state index is 0.0227. The second-order valence-corrected chi connectivity index (χ2v) is 14.7. The molecule has 7 nitrogen and oxygen atoms in total. The molecule has 3 saturated heterocycles. The second-order valence-electron chi connectivity index (χ2n) is 12.0. The van der Waals surface area contributed by atoms with Gasteiger partial charge >= 0.3 is 0 Å². The first-order chi connectivity index (χ1) is 19.4. The van der Waals surface area contributed by atoms with E-state index in [-0.39, 0.29) is 40.4 Å². The summed E-state index contributed by atoms with van der Waals surface area (Å²) in [5.41, 5.74) is 0. The molecule has 4 fully saturated rings. The van der Waals surface area contributed by atoms with Crippen molar-refractivity contribution in [2.45, 2.75) is 104 Å². The van der Waals surface area contributed by atoms with Crippen LogP contribution in [-0.4, -0.2) is 97.2 Å². The summed E-state index contributed by atoms with van der Waals surface area (Å²) in [7, 11) is 0. The molecule has 1 N–H and O–H groups in total. The summed E-state index contributed by atoms with van der Waals surface area (Å²) < 4.78 is -0.613. The number of nitrogens with zero attached hydrogens (tertiary/aromatic N) is 3. The fourth-order valence-electron chi connectivity index (χ4n) is 7.71. The average Bonchev–Trinajstić information content (AvgIpc) is 3.54. The molecule has 6 atom stereocenters. The number of thioether (sulfide) groups is 1. The number of unbranched alkanes of at least 4 members (excludes halogenated alkanes) is 3. The molecule has 3 amide bonds. The van der Waals surface area contributed by atoms with E-state index < -0.39 is 22.6 Å². The van der Waals surface area contributed by atoms with Gasteiger partial charge in [0.1, 0.15) is 6.04 Å². The van der Waals surface area contributed by atoms with E-state index >= 15 is 0 Å². The van der Waals surface area contributed by atoms with Crippen molar-refractivity contribution in [1.29, 1.82) is 0 Å². The Morgan fingerprint density at radius 3 is 2.45 bits per heavy atom. The molecule has 40 heavy (non-hydrogen) atoms. The molecule has 1 spiro atoms. The number of fused-ring (bicyclic) bond motifs is 1. The summed E-state index contributed by atoms with van der Waals surface area (Å²) in [6.07, 6.45) is 13.8. The van der Waals surface area contributed by atoms with E-state index in [4.69, 9.17) is 0 Å². The average molecular weight is 639 g/mol. The van der Waals surface area contributed by atoms with E-state index in [0.717, 1.165) is 57.8 Å². The molecule has 3 aliphatic heterocycles. The summed E-state index contributed by atoms with van der Waals surface area (Å²) in [6.45, 7) is 12.1. The third-order valence-electron chi connectivity index (χ3n) is 9.39. The maximum atomic E-state index is 14.7. The molecule has 0 aromatic heterocycles. The molecule has 3 unspecified atom stereocenters. The first-order valence-electron chi connectivity index (χ1n) is 15.4. The standard InChI is InChI=1S/C31H48BrN3O4S/c1-4-16-33(17-5-2)28(37)24-25-29(38)35(19-12-7-8-13-20-36)27(31(25)21-23(32)26(24)40-31)30(39)34(18-6-3)22-14-10-9-11-15-22/h4,6,22-27,36H,1,3,5,7-21H2,2H3/t23?,24-,25-,26-,27?,31?/m0/s1. The van der Waals surface area contributed by atoms with Gasteiger partial charge in [0.15, 0.2) is 0 Å². The van der Waals surface area contributed by atoms with Crippen LogP contribution in [0, 0.1) is 11.8 Å². The highest BCUT2D eigenvalue weighted by Gasteiger charge is 2.76. The van der Waals surface area contributed by atoms with Crippen molar-refractivity contribution in [3.63, 3.8) is 0 Å². The zero-order valence-electron chi connectivity index (χ0n) is 24.1. The Morgan fingerprint density at radius 1 is 1.10 bits per heavy atom. The minimum Gasteiger partial charge on any atom is -0.396 e. The lowest BCUT2D eigenvalue weighted by Gasteiger charge is -2.41. The van der Waals surface area contributed by atoms with Crippen molar-refractivity contribution in [3.8, 4) is 0 Å². The van der Waals surface area contributed by atoms with Crippen LogP contribution in [0.3, 0.4) is 0 Å². The van der Waals surface area contributed by atoms with Gasteiger partial charge in [-0.1, -0.05) is 67.1 Å². The van der Waals surface area contributed by atoms with Crippen molar-refractivity contribution in [2.75, 3.05) is 32.8 Å². The third-order valence-corrected chi connectivity index (χ3v) is 12.6. The van der Waals surface area contributed by atoms with Gasteiger partial charge in [0, 0.05) is 48.9 Å². The summed E-state index contributed by atoms with van der Waals surface area (Å²) in [6, 6.07) is -0.402. The van der Waals surface area contributed by atoms with Gasteiger partial charge in [-0.3, -0.25) is 14.4 Å². The largest absolute Gasteiger partial charge is 0.396 e. The number of amides is 3. The van der Waals surface area contributed by atoms with Crippen LogP contribution in [0.4, 0.5) is 0 Å². The Bertz CT molecular complexity index is 944. The maximum Gasteiger partial charge on any atom is 0.247 e. The lowest BCUT2D eigenvalue weighted by Crippen LogP contribution is -2.57. The Labute approximate surface area is 253 Å². The van der Waals surface area contributed by atoms with Crippen LogP contribution in [-0.2, 0) is 14.4 Å². The first kappa shape index (κ1) is 31.6. The van der Waals surface area contributed by atoms with E-state index in [0.29, 0.717) is 32.6 Å². The van der Waals surface area contributed by atoms with Crippen molar-refractivity contribution in [2.24, 2.45) is 11.8 Å². The lowest BCUT2D eigenvalue weighted by atomic mass is 9.70. The Kier molecular flexibility index (Phi) is 11.2. The summed E-state index contributed by atoms with van der Waals surface area (Å²) in [5.74, 6) is -0.897. The fraction of sp³-hybridized carbons (Fsp3) is 0.774. The van der Waals surface area contributed by atoms with Gasteiger partial charge in [-0.05, 0) is 38.5 Å². The van der Waals surface area contributed by atoms with Gasteiger partial charge in [-0.2, -0.15) is 0 Å². The number of rotatable bonds is 15. The first-order valence-corrected chi connectivity index (χ1v) is 17.2. The summed E-state index contributed by atoms with van der Waals surface area (Å²) >= 11 is 5.63. The Morgan fingerprint density at radius 2 is 1.80 bits per heavy atom. The van der Waals surface area contributed by atoms with E-state index in [2.05, 4.69) is 36.0 Å². The van der Waals surface area contributed by atoms with Gasteiger partial charge < -0.3 is 19.8 Å². The number of carbonyl (C=O) groups is 3. The number of aliphatic hydroxyl groups excluding tert-OH is 1. The van der Waals surface area contributed by atoms with Crippen LogP contribution in [0.5, 0.6) is 0 Å². The van der Waals surface area contributed by atoms with E-state index in [9.17, 15) is 19.5 Å². The van der Waals surface area contributed by atoms with Crippen molar-refractivity contribution < 1.29 is 19.5 Å². The van der Waals surface area contributed by atoms with Gasteiger partial charge in [0.2, 0.25) is 17.7 Å². The number of hydrogen-bond acceptors (Lipinski definition) is 5. The molecule has 4 rings (SSSR count). The molecular weight excluding hydrogens is 590 g/mol. The van der Waals surface area contributed by atoms with Crippen LogP contribution in [0.1, 0.15) is 77.6 Å². The Hall–Kier alpha value is -1.32. The monoisotopic (exact) mass is 637 g/mol.